The molecule has 0 bridgehead atoms. The lowest BCUT2D eigenvalue weighted by molar-refractivity contribution is 0.291. The number of aliphatic hydroxyl groups excluding tert-OH is 1. The summed E-state index contributed by atoms with van der Waals surface area (Å²) in [6.07, 6.45) is 2.17. The van der Waals surface area contributed by atoms with Gasteiger partial charge in [0.2, 0.25) is 0 Å². The quantitative estimate of drug-likeness (QED) is 0.641. The first-order valence-corrected chi connectivity index (χ1v) is 7.52. The summed E-state index contributed by atoms with van der Waals surface area (Å²) in [7, 11) is 0. The molecule has 0 atom stereocenters. The molecule has 21 heavy (non-hydrogen) atoms. The molecule has 0 aliphatic rings. The third kappa shape index (κ3) is 3.51. The van der Waals surface area contributed by atoms with Crippen LogP contribution in [0, 0.1) is 13.8 Å². The Bertz CT molecular complexity index is 716. The number of aliphatic imine (C=N–C) groups is 1. The minimum atomic E-state index is -0.123. The molecule has 2 N–H and O–H groups in total. The number of hydrogen-bond acceptors (Lipinski definition) is 3. The van der Waals surface area contributed by atoms with Gasteiger partial charge in [0.25, 0.3) is 5.56 Å². The standard InChI is InChI=1S/C15H18BrN3O2/c1-10-8-12(4-5-14(10)16)19-15(21)13(11(2)18-19)9-17-6-3-7-20/h4-5,8-9,18,20H,3,6-7H2,1-2H3. The molecule has 0 saturated carbocycles. The number of aliphatic hydroxyl groups is 1. The molecule has 0 spiro atoms. The Hall–Kier alpha value is -1.66. The van der Waals surface area contributed by atoms with E-state index in [9.17, 15) is 4.79 Å². The van der Waals surface area contributed by atoms with Gasteiger partial charge in [0, 0.05) is 29.5 Å². The fourth-order valence-electron chi connectivity index (χ4n) is 1.98. The zero-order valence-electron chi connectivity index (χ0n) is 12.1. The van der Waals surface area contributed by atoms with Crippen LogP contribution in [-0.2, 0) is 0 Å². The minimum absolute atomic E-state index is 0.103. The number of hydrogen-bond donors (Lipinski definition) is 2. The van der Waals surface area contributed by atoms with E-state index >= 15 is 0 Å². The highest BCUT2D eigenvalue weighted by atomic mass is 79.9. The molecule has 2 aromatic rings. The number of nitrogens with zero attached hydrogens (tertiary/aromatic N) is 2. The van der Waals surface area contributed by atoms with Gasteiger partial charge in [0.1, 0.15) is 0 Å². The Kier molecular flexibility index (Phi) is 5.14. The maximum Gasteiger partial charge on any atom is 0.280 e. The summed E-state index contributed by atoms with van der Waals surface area (Å²) in [6.45, 7) is 4.44. The molecule has 0 unspecified atom stereocenters. The molecule has 5 nitrogen and oxygen atoms in total. The van der Waals surface area contributed by atoms with Gasteiger partial charge in [-0.25, -0.2) is 4.68 Å². The van der Waals surface area contributed by atoms with Crippen LogP contribution in [0.15, 0.2) is 32.5 Å². The fraction of sp³-hybridized carbons (Fsp3) is 0.333. The average molecular weight is 352 g/mol. The number of nitrogens with one attached hydrogen (secondary N) is 1. The zero-order chi connectivity index (χ0) is 15.4. The van der Waals surface area contributed by atoms with Crippen LogP contribution in [0.25, 0.3) is 5.69 Å². The number of rotatable bonds is 5. The van der Waals surface area contributed by atoms with Gasteiger partial charge in [-0.15, -0.1) is 0 Å². The van der Waals surface area contributed by atoms with E-state index in [2.05, 4.69) is 26.0 Å². The molecule has 0 aliphatic heterocycles. The van der Waals surface area contributed by atoms with Gasteiger partial charge in [-0.1, -0.05) is 15.9 Å². The van der Waals surface area contributed by atoms with Crippen LogP contribution >= 0.6 is 15.9 Å². The van der Waals surface area contributed by atoms with Crippen molar-refractivity contribution in [1.29, 1.82) is 0 Å². The predicted octanol–water partition coefficient (Wildman–Crippen LogP) is 2.35. The molecule has 1 heterocycles. The molecular weight excluding hydrogens is 334 g/mol. The van der Waals surface area contributed by atoms with Crippen LogP contribution in [0.3, 0.4) is 0 Å². The molecule has 1 aromatic heterocycles. The Morgan fingerprint density at radius 1 is 1.43 bits per heavy atom. The van der Waals surface area contributed by atoms with Crippen molar-refractivity contribution in [3.8, 4) is 5.69 Å². The second-order valence-electron chi connectivity index (χ2n) is 4.84. The first-order chi connectivity index (χ1) is 10.0. The van der Waals surface area contributed by atoms with E-state index in [1.54, 1.807) is 6.21 Å². The SMILES string of the molecule is Cc1cc(-n2[nH]c(C)c(C=NCCCO)c2=O)ccc1Br. The monoisotopic (exact) mass is 351 g/mol. The highest BCUT2D eigenvalue weighted by Crippen LogP contribution is 2.18. The van der Waals surface area contributed by atoms with E-state index in [0.717, 1.165) is 21.4 Å². The van der Waals surface area contributed by atoms with Crippen molar-refractivity contribution < 1.29 is 5.11 Å². The van der Waals surface area contributed by atoms with E-state index in [4.69, 9.17) is 5.11 Å². The molecule has 6 heteroatoms. The number of aromatic nitrogens is 2. The third-order valence-corrected chi connectivity index (χ3v) is 4.07. The zero-order valence-corrected chi connectivity index (χ0v) is 13.6. The van der Waals surface area contributed by atoms with Crippen molar-refractivity contribution in [1.82, 2.24) is 9.78 Å². The normalized spacial score (nSPS) is 11.4. The highest BCUT2D eigenvalue weighted by Gasteiger charge is 2.11. The number of aryl methyl sites for hydroxylation is 2. The molecule has 0 aliphatic carbocycles. The maximum atomic E-state index is 12.4. The van der Waals surface area contributed by atoms with Gasteiger partial charge < -0.3 is 5.11 Å². The number of benzene rings is 1. The summed E-state index contributed by atoms with van der Waals surface area (Å²) in [5.74, 6) is 0. The summed E-state index contributed by atoms with van der Waals surface area (Å²) in [5, 5.41) is 11.8. The Labute approximate surface area is 131 Å². The smallest absolute Gasteiger partial charge is 0.280 e. The number of H-pyrrole nitrogens is 1. The molecule has 0 radical (unpaired) electrons. The lowest BCUT2D eigenvalue weighted by atomic mass is 10.2. The Morgan fingerprint density at radius 3 is 2.86 bits per heavy atom. The van der Waals surface area contributed by atoms with Crippen molar-refractivity contribution in [3.63, 3.8) is 0 Å². The van der Waals surface area contributed by atoms with Crippen molar-refractivity contribution >= 4 is 22.1 Å². The summed E-state index contributed by atoms with van der Waals surface area (Å²) in [6, 6.07) is 5.73. The second kappa shape index (κ2) is 6.87. The molecule has 112 valence electrons. The van der Waals surface area contributed by atoms with Crippen molar-refractivity contribution in [2.75, 3.05) is 13.2 Å². The van der Waals surface area contributed by atoms with E-state index in [0.29, 0.717) is 18.5 Å². The molecule has 0 fully saturated rings. The van der Waals surface area contributed by atoms with E-state index in [-0.39, 0.29) is 12.2 Å². The first kappa shape index (κ1) is 15.7. The summed E-state index contributed by atoms with van der Waals surface area (Å²) in [4.78, 5) is 16.6. The summed E-state index contributed by atoms with van der Waals surface area (Å²) < 4.78 is 2.52. The first-order valence-electron chi connectivity index (χ1n) is 6.73. The van der Waals surface area contributed by atoms with Gasteiger partial charge in [-0.2, -0.15) is 0 Å². The van der Waals surface area contributed by atoms with Crippen molar-refractivity contribution in [2.45, 2.75) is 20.3 Å². The van der Waals surface area contributed by atoms with Crippen LogP contribution < -0.4 is 5.56 Å². The van der Waals surface area contributed by atoms with Crippen LogP contribution in [-0.4, -0.2) is 34.3 Å². The summed E-state index contributed by atoms with van der Waals surface area (Å²) >= 11 is 3.45. The molecule has 1 aromatic carbocycles. The van der Waals surface area contributed by atoms with Gasteiger partial charge in [0.05, 0.1) is 11.3 Å². The second-order valence-corrected chi connectivity index (χ2v) is 5.69. The Morgan fingerprint density at radius 2 is 2.19 bits per heavy atom. The largest absolute Gasteiger partial charge is 0.396 e. The minimum Gasteiger partial charge on any atom is -0.396 e. The topological polar surface area (TPSA) is 70.4 Å². The molecule has 0 saturated heterocycles. The fourth-order valence-corrected chi connectivity index (χ4v) is 2.23. The average Bonchev–Trinajstić information content (AvgIpc) is 2.74. The van der Waals surface area contributed by atoms with Crippen LogP contribution in [0.4, 0.5) is 0 Å². The van der Waals surface area contributed by atoms with E-state index in [1.165, 1.54) is 4.68 Å². The van der Waals surface area contributed by atoms with Crippen LogP contribution in [0.5, 0.6) is 0 Å². The van der Waals surface area contributed by atoms with Gasteiger partial charge in [-0.05, 0) is 44.0 Å². The van der Waals surface area contributed by atoms with E-state index < -0.39 is 0 Å². The number of aromatic amines is 1. The van der Waals surface area contributed by atoms with Crippen LogP contribution in [0.2, 0.25) is 0 Å². The number of halogens is 1. The van der Waals surface area contributed by atoms with E-state index in [1.807, 2.05) is 32.0 Å². The van der Waals surface area contributed by atoms with Crippen molar-refractivity contribution in [3.05, 3.63) is 49.8 Å². The van der Waals surface area contributed by atoms with Gasteiger partial charge in [0.15, 0.2) is 0 Å². The maximum absolute atomic E-state index is 12.4. The van der Waals surface area contributed by atoms with Crippen molar-refractivity contribution in [2.24, 2.45) is 4.99 Å². The van der Waals surface area contributed by atoms with Gasteiger partial charge in [-0.3, -0.25) is 14.9 Å². The Balaban J connectivity index is 2.36. The lowest BCUT2D eigenvalue weighted by Crippen LogP contribution is -2.17. The van der Waals surface area contributed by atoms with Gasteiger partial charge >= 0.3 is 0 Å². The molecule has 0 amide bonds. The van der Waals surface area contributed by atoms with Crippen LogP contribution in [0.1, 0.15) is 23.2 Å². The summed E-state index contributed by atoms with van der Waals surface area (Å²) in [5.41, 5.74) is 3.05. The third-order valence-electron chi connectivity index (χ3n) is 3.18. The molecule has 2 rings (SSSR count). The highest BCUT2D eigenvalue weighted by molar-refractivity contribution is 9.10. The lowest BCUT2D eigenvalue weighted by Gasteiger charge is -2.04. The molecular formula is C15H18BrN3O2. The predicted molar refractivity (Wildman–Crippen MR) is 87.7 cm³/mol.